The van der Waals surface area contributed by atoms with Crippen molar-refractivity contribution in [1.29, 1.82) is 0 Å². The second-order valence-electron chi connectivity index (χ2n) is 5.22. The first-order valence-corrected chi connectivity index (χ1v) is 6.33. The fourth-order valence-electron chi connectivity index (χ4n) is 2.01. The zero-order valence-electron chi connectivity index (χ0n) is 10.8. The monoisotopic (exact) mass is 221 g/mol. The van der Waals surface area contributed by atoms with Crippen LogP contribution in [-0.4, -0.2) is 22.1 Å². The Morgan fingerprint density at radius 3 is 2.62 bits per heavy atom. The maximum absolute atomic E-state index is 4.37. The molecular weight excluding hydrogens is 198 g/mol. The van der Waals surface area contributed by atoms with Gasteiger partial charge in [0, 0.05) is 17.8 Å². The number of nitrogens with one attached hydrogen (secondary N) is 1. The first kappa shape index (κ1) is 11.6. The quantitative estimate of drug-likeness (QED) is 0.827. The van der Waals surface area contributed by atoms with Crippen LogP contribution in [0, 0.1) is 19.8 Å². The third kappa shape index (κ3) is 2.46. The minimum atomic E-state index is 0.521. The number of aryl methyl sites for hydroxylation is 1. The molecule has 1 saturated carbocycles. The topological polar surface area (TPSA) is 29.9 Å². The minimum absolute atomic E-state index is 0.521. The minimum Gasteiger partial charge on any atom is -0.332 e. The summed E-state index contributed by atoms with van der Waals surface area (Å²) in [5, 5.41) is 3.60. The van der Waals surface area contributed by atoms with Crippen molar-refractivity contribution in [2.45, 2.75) is 52.6 Å². The molecule has 90 valence electrons. The van der Waals surface area contributed by atoms with Crippen molar-refractivity contribution in [3.63, 3.8) is 0 Å². The van der Waals surface area contributed by atoms with Gasteiger partial charge in [0.1, 0.15) is 0 Å². The van der Waals surface area contributed by atoms with E-state index in [1.54, 1.807) is 0 Å². The van der Waals surface area contributed by atoms with Gasteiger partial charge in [-0.3, -0.25) is 0 Å². The van der Waals surface area contributed by atoms with E-state index in [0.717, 1.165) is 18.3 Å². The normalized spacial score (nSPS) is 19.8. The van der Waals surface area contributed by atoms with Gasteiger partial charge in [0.25, 0.3) is 0 Å². The molecule has 1 aliphatic carbocycles. The predicted octanol–water partition coefficient (Wildman–Crippen LogP) is 2.45. The molecule has 0 saturated heterocycles. The van der Waals surface area contributed by atoms with E-state index in [1.165, 1.54) is 18.5 Å². The van der Waals surface area contributed by atoms with Crippen LogP contribution < -0.4 is 5.32 Å². The van der Waals surface area contributed by atoms with Crippen molar-refractivity contribution in [1.82, 2.24) is 14.9 Å². The van der Waals surface area contributed by atoms with Crippen molar-refractivity contribution in [2.75, 3.05) is 6.54 Å². The Kier molecular flexibility index (Phi) is 3.33. The summed E-state index contributed by atoms with van der Waals surface area (Å²) in [6, 6.07) is 1.33. The van der Waals surface area contributed by atoms with Gasteiger partial charge >= 0.3 is 0 Å². The first-order valence-electron chi connectivity index (χ1n) is 6.33. The summed E-state index contributed by atoms with van der Waals surface area (Å²) in [6.07, 6.45) is 4.71. The summed E-state index contributed by atoms with van der Waals surface area (Å²) in [5.74, 6) is 0.646. The van der Waals surface area contributed by atoms with Gasteiger partial charge < -0.3 is 9.88 Å². The van der Waals surface area contributed by atoms with E-state index in [-0.39, 0.29) is 0 Å². The molecule has 2 rings (SSSR count). The molecule has 1 aromatic rings. The number of nitrogens with zero attached hydrogens (tertiary/aromatic N) is 2. The van der Waals surface area contributed by atoms with Crippen LogP contribution >= 0.6 is 0 Å². The van der Waals surface area contributed by atoms with Gasteiger partial charge in [0.05, 0.1) is 12.0 Å². The van der Waals surface area contributed by atoms with E-state index in [1.807, 2.05) is 6.33 Å². The second-order valence-corrected chi connectivity index (χ2v) is 5.22. The largest absolute Gasteiger partial charge is 0.332 e. The molecule has 0 aliphatic heterocycles. The predicted molar refractivity (Wildman–Crippen MR) is 66.6 cm³/mol. The molecule has 0 spiro atoms. The van der Waals surface area contributed by atoms with Crippen molar-refractivity contribution in [3.05, 3.63) is 17.7 Å². The van der Waals surface area contributed by atoms with Crippen LogP contribution in [0.1, 0.15) is 44.1 Å². The highest BCUT2D eigenvalue weighted by Crippen LogP contribution is 2.23. The van der Waals surface area contributed by atoms with E-state index in [0.29, 0.717) is 12.0 Å². The Balaban J connectivity index is 1.94. The van der Waals surface area contributed by atoms with Crippen LogP contribution in [0.15, 0.2) is 6.33 Å². The third-order valence-corrected chi connectivity index (χ3v) is 3.85. The molecule has 1 heterocycles. The smallest absolute Gasteiger partial charge is 0.0954 e. The molecule has 0 radical (unpaired) electrons. The number of aromatic nitrogens is 2. The van der Waals surface area contributed by atoms with Gasteiger partial charge in [0.15, 0.2) is 0 Å². The highest BCUT2D eigenvalue weighted by Gasteiger charge is 2.23. The first-order chi connectivity index (χ1) is 7.59. The van der Waals surface area contributed by atoms with E-state index < -0.39 is 0 Å². The molecule has 1 N–H and O–H groups in total. The van der Waals surface area contributed by atoms with Crippen molar-refractivity contribution in [3.8, 4) is 0 Å². The van der Waals surface area contributed by atoms with E-state index in [4.69, 9.17) is 0 Å². The van der Waals surface area contributed by atoms with Gasteiger partial charge in [0.2, 0.25) is 0 Å². The summed E-state index contributed by atoms with van der Waals surface area (Å²) in [5.41, 5.74) is 2.44. The number of imidazole rings is 1. The van der Waals surface area contributed by atoms with Crippen LogP contribution in [0.2, 0.25) is 0 Å². The van der Waals surface area contributed by atoms with E-state index >= 15 is 0 Å². The lowest BCUT2D eigenvalue weighted by molar-refractivity contribution is 0.356. The van der Waals surface area contributed by atoms with Crippen molar-refractivity contribution >= 4 is 0 Å². The van der Waals surface area contributed by atoms with Crippen LogP contribution in [-0.2, 0) is 0 Å². The molecule has 1 aliphatic rings. The number of rotatable bonds is 5. The van der Waals surface area contributed by atoms with Crippen LogP contribution in [0.25, 0.3) is 0 Å². The molecule has 0 aromatic carbocycles. The molecule has 3 heteroatoms. The highest BCUT2D eigenvalue weighted by atomic mass is 15.1. The second kappa shape index (κ2) is 4.58. The molecule has 16 heavy (non-hydrogen) atoms. The lowest BCUT2D eigenvalue weighted by atomic mass is 10.0. The lowest BCUT2D eigenvalue weighted by Gasteiger charge is -2.23. The zero-order chi connectivity index (χ0) is 11.7. The van der Waals surface area contributed by atoms with Gasteiger partial charge in [-0.05, 0) is 46.1 Å². The van der Waals surface area contributed by atoms with Crippen LogP contribution in [0.4, 0.5) is 0 Å². The Hall–Kier alpha value is -0.830. The molecule has 3 nitrogen and oxygen atoms in total. The van der Waals surface area contributed by atoms with E-state index in [9.17, 15) is 0 Å². The average Bonchev–Trinajstić information content (AvgIpc) is 3.03. The summed E-state index contributed by atoms with van der Waals surface area (Å²) >= 11 is 0. The molecule has 1 fully saturated rings. The fourth-order valence-corrected chi connectivity index (χ4v) is 2.01. The Morgan fingerprint density at radius 1 is 1.44 bits per heavy atom. The Morgan fingerprint density at radius 2 is 2.12 bits per heavy atom. The third-order valence-electron chi connectivity index (χ3n) is 3.85. The summed E-state index contributed by atoms with van der Waals surface area (Å²) in [6.45, 7) is 9.94. The SMILES string of the molecule is Cc1ncn(C(C)C(C)CNC2CC2)c1C. The molecule has 0 amide bonds. The Labute approximate surface area is 98.3 Å². The summed E-state index contributed by atoms with van der Waals surface area (Å²) in [7, 11) is 0. The van der Waals surface area contributed by atoms with Gasteiger partial charge in [-0.25, -0.2) is 4.98 Å². The molecule has 0 bridgehead atoms. The van der Waals surface area contributed by atoms with Gasteiger partial charge in [-0.15, -0.1) is 0 Å². The zero-order valence-corrected chi connectivity index (χ0v) is 10.8. The molecule has 2 unspecified atom stereocenters. The Bertz CT molecular complexity index is 352. The number of hydrogen-bond donors (Lipinski definition) is 1. The van der Waals surface area contributed by atoms with E-state index in [2.05, 4.69) is 42.6 Å². The van der Waals surface area contributed by atoms with Crippen LogP contribution in [0.3, 0.4) is 0 Å². The lowest BCUT2D eigenvalue weighted by Crippen LogP contribution is -2.28. The van der Waals surface area contributed by atoms with Gasteiger partial charge in [-0.1, -0.05) is 6.92 Å². The molecule has 2 atom stereocenters. The maximum atomic E-state index is 4.37. The average molecular weight is 221 g/mol. The van der Waals surface area contributed by atoms with Gasteiger partial charge in [-0.2, -0.15) is 0 Å². The summed E-state index contributed by atoms with van der Waals surface area (Å²) in [4.78, 5) is 4.37. The fraction of sp³-hybridized carbons (Fsp3) is 0.769. The standard InChI is InChI=1S/C13H23N3/c1-9(7-14-13-5-6-13)11(3)16-8-15-10(2)12(16)4/h8-9,11,13-14H,5-7H2,1-4H3. The summed E-state index contributed by atoms with van der Waals surface area (Å²) < 4.78 is 2.30. The molecule has 1 aromatic heterocycles. The van der Waals surface area contributed by atoms with Crippen LogP contribution in [0.5, 0.6) is 0 Å². The highest BCUT2D eigenvalue weighted by molar-refractivity contribution is 5.09. The maximum Gasteiger partial charge on any atom is 0.0954 e. The van der Waals surface area contributed by atoms with Crippen molar-refractivity contribution < 1.29 is 0 Å². The molecular formula is C13H23N3. The number of hydrogen-bond acceptors (Lipinski definition) is 2. The van der Waals surface area contributed by atoms with Crippen molar-refractivity contribution in [2.24, 2.45) is 5.92 Å².